The monoisotopic (exact) mass is 205 g/mol. The van der Waals surface area contributed by atoms with Crippen LogP contribution in [0.4, 0.5) is 0 Å². The third-order valence-corrected chi connectivity index (χ3v) is 1.81. The van der Waals surface area contributed by atoms with Gasteiger partial charge in [-0.05, 0) is 12.1 Å². The van der Waals surface area contributed by atoms with Crippen molar-refractivity contribution in [2.45, 2.75) is 0 Å². The van der Waals surface area contributed by atoms with Crippen molar-refractivity contribution in [3.8, 4) is 0 Å². The lowest BCUT2D eigenvalue weighted by Crippen LogP contribution is -2.25. The average Bonchev–Trinajstić information content (AvgIpc) is 2.25. The first kappa shape index (κ1) is 11.0. The Morgan fingerprint density at radius 1 is 1.33 bits per heavy atom. The summed E-state index contributed by atoms with van der Waals surface area (Å²) in [6, 6.07) is 6.07. The summed E-state index contributed by atoms with van der Waals surface area (Å²) >= 11 is 0. The molecule has 1 amide bonds. The zero-order chi connectivity index (χ0) is 11.3. The first-order chi connectivity index (χ1) is 7.16. The molecule has 0 heterocycles. The zero-order valence-corrected chi connectivity index (χ0v) is 8.06. The van der Waals surface area contributed by atoms with Crippen molar-refractivity contribution < 1.29 is 14.7 Å². The summed E-state index contributed by atoms with van der Waals surface area (Å²) in [5, 5.41) is 11.4. The second-order valence-electron chi connectivity index (χ2n) is 2.85. The number of hydrogen-bond donors (Lipinski definition) is 2. The fourth-order valence-corrected chi connectivity index (χ4v) is 1.13. The molecule has 0 bridgehead atoms. The van der Waals surface area contributed by atoms with Crippen LogP contribution in [0.1, 0.15) is 20.7 Å². The quantitative estimate of drug-likeness (QED) is 0.728. The van der Waals surface area contributed by atoms with Gasteiger partial charge in [-0.25, -0.2) is 4.79 Å². The van der Waals surface area contributed by atoms with Crippen LogP contribution in [0.15, 0.2) is 36.9 Å². The average molecular weight is 205 g/mol. The lowest BCUT2D eigenvalue weighted by atomic mass is 10.1. The molecule has 2 N–H and O–H groups in total. The fraction of sp³-hybridized carbons (Fsp3) is 0.0909. The van der Waals surface area contributed by atoms with Crippen LogP contribution in [0.2, 0.25) is 0 Å². The number of carboxylic acid groups (broad SMARTS) is 1. The minimum atomic E-state index is -1.11. The third kappa shape index (κ3) is 2.67. The highest BCUT2D eigenvalue weighted by Crippen LogP contribution is 2.08. The molecule has 1 aromatic rings. The summed E-state index contributed by atoms with van der Waals surface area (Å²) in [6.45, 7) is 3.77. The van der Waals surface area contributed by atoms with Gasteiger partial charge in [-0.1, -0.05) is 18.2 Å². The van der Waals surface area contributed by atoms with Gasteiger partial charge in [0, 0.05) is 6.54 Å². The van der Waals surface area contributed by atoms with E-state index in [9.17, 15) is 9.59 Å². The van der Waals surface area contributed by atoms with Gasteiger partial charge in [-0.3, -0.25) is 4.79 Å². The van der Waals surface area contributed by atoms with E-state index in [4.69, 9.17) is 5.11 Å². The molecule has 0 spiro atoms. The SMILES string of the molecule is C=CCNC(=O)c1ccccc1C(=O)O. The highest BCUT2D eigenvalue weighted by molar-refractivity contribution is 6.04. The lowest BCUT2D eigenvalue weighted by molar-refractivity contribution is 0.0691. The molecule has 1 aromatic carbocycles. The van der Waals surface area contributed by atoms with Gasteiger partial charge in [0.2, 0.25) is 0 Å². The maximum absolute atomic E-state index is 11.5. The molecule has 78 valence electrons. The molecule has 0 aliphatic heterocycles. The van der Waals surface area contributed by atoms with Crippen LogP contribution in [-0.2, 0) is 0 Å². The minimum absolute atomic E-state index is 0.000868. The number of amides is 1. The lowest BCUT2D eigenvalue weighted by Gasteiger charge is -2.05. The number of hydrogen-bond acceptors (Lipinski definition) is 2. The Bertz CT molecular complexity index is 399. The Kier molecular flexibility index (Phi) is 3.62. The number of carbonyl (C=O) groups is 2. The standard InChI is InChI=1S/C11H11NO3/c1-2-7-12-10(13)8-5-3-4-6-9(8)11(14)15/h2-6H,1,7H2,(H,12,13)(H,14,15). The summed E-state index contributed by atoms with van der Waals surface area (Å²) in [5.74, 6) is -1.52. The molecule has 0 aliphatic rings. The van der Waals surface area contributed by atoms with Crippen molar-refractivity contribution >= 4 is 11.9 Å². The molecule has 1 rings (SSSR count). The second-order valence-corrected chi connectivity index (χ2v) is 2.85. The van der Waals surface area contributed by atoms with Gasteiger partial charge in [-0.15, -0.1) is 6.58 Å². The topological polar surface area (TPSA) is 66.4 Å². The van der Waals surface area contributed by atoms with E-state index in [-0.39, 0.29) is 11.1 Å². The maximum atomic E-state index is 11.5. The van der Waals surface area contributed by atoms with E-state index in [1.165, 1.54) is 18.2 Å². The van der Waals surface area contributed by atoms with E-state index in [1.54, 1.807) is 12.1 Å². The number of carboxylic acids is 1. The van der Waals surface area contributed by atoms with Gasteiger partial charge in [0.05, 0.1) is 11.1 Å². The third-order valence-electron chi connectivity index (χ3n) is 1.81. The number of rotatable bonds is 4. The Morgan fingerprint density at radius 3 is 2.47 bits per heavy atom. The van der Waals surface area contributed by atoms with Crippen LogP contribution in [0.5, 0.6) is 0 Å². The zero-order valence-electron chi connectivity index (χ0n) is 8.06. The Labute approximate surface area is 87.2 Å². The van der Waals surface area contributed by atoms with Gasteiger partial charge in [0.15, 0.2) is 0 Å². The minimum Gasteiger partial charge on any atom is -0.478 e. The summed E-state index contributed by atoms with van der Waals surface area (Å²) in [7, 11) is 0. The van der Waals surface area contributed by atoms with E-state index >= 15 is 0 Å². The second kappa shape index (κ2) is 4.95. The number of aromatic carboxylic acids is 1. The van der Waals surface area contributed by atoms with Gasteiger partial charge in [0.25, 0.3) is 5.91 Å². The number of nitrogens with one attached hydrogen (secondary N) is 1. The van der Waals surface area contributed by atoms with Crippen LogP contribution in [0.3, 0.4) is 0 Å². The molecular formula is C11H11NO3. The van der Waals surface area contributed by atoms with E-state index < -0.39 is 11.9 Å². The van der Waals surface area contributed by atoms with Crippen molar-refractivity contribution in [2.24, 2.45) is 0 Å². The smallest absolute Gasteiger partial charge is 0.336 e. The predicted octanol–water partition coefficient (Wildman–Crippen LogP) is 1.30. The van der Waals surface area contributed by atoms with E-state index in [1.807, 2.05) is 0 Å². The van der Waals surface area contributed by atoms with E-state index in [0.717, 1.165) is 0 Å². The van der Waals surface area contributed by atoms with Crippen molar-refractivity contribution in [2.75, 3.05) is 6.54 Å². The summed E-state index contributed by atoms with van der Waals surface area (Å²) in [5.41, 5.74) is 0.158. The summed E-state index contributed by atoms with van der Waals surface area (Å²) < 4.78 is 0. The van der Waals surface area contributed by atoms with Gasteiger partial charge in [0.1, 0.15) is 0 Å². The first-order valence-corrected chi connectivity index (χ1v) is 4.38. The molecule has 0 atom stereocenters. The van der Waals surface area contributed by atoms with Crippen molar-refractivity contribution in [3.63, 3.8) is 0 Å². The van der Waals surface area contributed by atoms with Gasteiger partial charge >= 0.3 is 5.97 Å². The largest absolute Gasteiger partial charge is 0.478 e. The first-order valence-electron chi connectivity index (χ1n) is 4.38. The Morgan fingerprint density at radius 2 is 1.93 bits per heavy atom. The molecule has 0 aliphatic carbocycles. The summed E-state index contributed by atoms with van der Waals surface area (Å²) in [4.78, 5) is 22.3. The molecule has 4 nitrogen and oxygen atoms in total. The Balaban J connectivity index is 2.97. The molecule has 0 saturated heterocycles. The molecule has 4 heteroatoms. The molecule has 0 fully saturated rings. The highest BCUT2D eigenvalue weighted by Gasteiger charge is 2.14. The summed E-state index contributed by atoms with van der Waals surface area (Å²) in [6.07, 6.45) is 1.53. The van der Waals surface area contributed by atoms with Crippen LogP contribution in [0, 0.1) is 0 Å². The predicted molar refractivity (Wildman–Crippen MR) is 55.9 cm³/mol. The molecule has 0 aromatic heterocycles. The number of carbonyl (C=O) groups excluding carboxylic acids is 1. The highest BCUT2D eigenvalue weighted by atomic mass is 16.4. The normalized spacial score (nSPS) is 9.33. The van der Waals surface area contributed by atoms with Crippen LogP contribution < -0.4 is 5.32 Å². The van der Waals surface area contributed by atoms with Gasteiger partial charge < -0.3 is 10.4 Å². The van der Waals surface area contributed by atoms with Crippen molar-refractivity contribution in [1.29, 1.82) is 0 Å². The van der Waals surface area contributed by atoms with Crippen LogP contribution in [-0.4, -0.2) is 23.5 Å². The molecule has 0 unspecified atom stereocenters. The fourth-order valence-electron chi connectivity index (χ4n) is 1.13. The maximum Gasteiger partial charge on any atom is 0.336 e. The molecule has 0 saturated carbocycles. The van der Waals surface area contributed by atoms with Crippen LogP contribution >= 0.6 is 0 Å². The van der Waals surface area contributed by atoms with Crippen LogP contribution in [0.25, 0.3) is 0 Å². The van der Waals surface area contributed by atoms with E-state index in [0.29, 0.717) is 6.54 Å². The molecular weight excluding hydrogens is 194 g/mol. The van der Waals surface area contributed by atoms with E-state index in [2.05, 4.69) is 11.9 Å². The molecule has 0 radical (unpaired) electrons. The number of benzene rings is 1. The Hall–Kier alpha value is -2.10. The molecule has 15 heavy (non-hydrogen) atoms. The van der Waals surface area contributed by atoms with Crippen molar-refractivity contribution in [1.82, 2.24) is 5.32 Å². The van der Waals surface area contributed by atoms with Crippen molar-refractivity contribution in [3.05, 3.63) is 48.0 Å². The van der Waals surface area contributed by atoms with Gasteiger partial charge in [-0.2, -0.15) is 0 Å².